The van der Waals surface area contributed by atoms with Crippen molar-refractivity contribution in [3.05, 3.63) is 53.8 Å². The van der Waals surface area contributed by atoms with E-state index in [1.54, 1.807) is 12.1 Å². The monoisotopic (exact) mass is 341 g/mol. The van der Waals surface area contributed by atoms with Crippen LogP contribution in [0.2, 0.25) is 0 Å². The molecule has 1 saturated heterocycles. The average Bonchev–Trinajstić information content (AvgIpc) is 3.34. The Kier molecular flexibility index (Phi) is 4.17. The maximum Gasteiger partial charge on any atom is 0.184 e. The Balaban J connectivity index is 1.63. The van der Waals surface area contributed by atoms with Gasteiger partial charge in [0.15, 0.2) is 29.5 Å². The summed E-state index contributed by atoms with van der Waals surface area (Å²) in [5.74, 6) is 0.740. The van der Waals surface area contributed by atoms with E-state index < -0.39 is 5.82 Å². The van der Waals surface area contributed by atoms with Crippen molar-refractivity contribution >= 4 is 0 Å². The summed E-state index contributed by atoms with van der Waals surface area (Å²) < 4.78 is 29.8. The third-order valence-electron chi connectivity index (χ3n) is 3.95. The van der Waals surface area contributed by atoms with E-state index in [1.807, 2.05) is 24.3 Å². The van der Waals surface area contributed by atoms with Gasteiger partial charge in [0.2, 0.25) is 0 Å². The number of nitrogens with one attached hydrogen (secondary N) is 1. The highest BCUT2D eigenvalue weighted by Gasteiger charge is 2.19. The number of rotatable bonds is 4. The number of ether oxygens (including phenoxy) is 3. The summed E-state index contributed by atoms with van der Waals surface area (Å²) in [5, 5.41) is 7.07. The van der Waals surface area contributed by atoms with Crippen LogP contribution in [0.4, 0.5) is 4.39 Å². The zero-order valence-electron chi connectivity index (χ0n) is 13.5. The van der Waals surface area contributed by atoms with E-state index in [0.29, 0.717) is 30.4 Å². The molecule has 0 spiro atoms. The lowest BCUT2D eigenvalue weighted by Crippen LogP contribution is -1.98. The molecule has 0 bridgehead atoms. The molecule has 0 saturated carbocycles. The Morgan fingerprint density at radius 2 is 1.96 bits per heavy atom. The number of nitrogens with zero attached hydrogens (tertiary/aromatic N) is 2. The summed E-state index contributed by atoms with van der Waals surface area (Å²) in [6, 6.07) is 12.3. The minimum absolute atomic E-state index is 0.188. The Hall–Kier alpha value is -2.77. The van der Waals surface area contributed by atoms with Crippen LogP contribution >= 0.6 is 0 Å². The van der Waals surface area contributed by atoms with E-state index in [1.165, 1.54) is 13.2 Å². The second kappa shape index (κ2) is 6.62. The fourth-order valence-electron chi connectivity index (χ4n) is 2.71. The fourth-order valence-corrected chi connectivity index (χ4v) is 2.71. The molecule has 1 fully saturated rings. The standard InChI is InChI=1S/C18H16FN3O3/c1-23-15-6-5-12(10-14(15)19)17-20-16(21-22-17)11-3-2-4-13(9-11)18-24-7-8-25-18/h2-6,9-10,18H,7-8H2,1H3,(H,20,21,22). The first-order valence-electron chi connectivity index (χ1n) is 7.84. The Bertz CT molecular complexity index is 891. The van der Waals surface area contributed by atoms with Crippen LogP contribution in [0.15, 0.2) is 42.5 Å². The molecule has 1 aromatic heterocycles. The van der Waals surface area contributed by atoms with Gasteiger partial charge in [-0.2, -0.15) is 5.10 Å². The van der Waals surface area contributed by atoms with Crippen molar-refractivity contribution in [2.24, 2.45) is 0 Å². The highest BCUT2D eigenvalue weighted by atomic mass is 19.1. The molecule has 4 rings (SSSR count). The highest BCUT2D eigenvalue weighted by molar-refractivity contribution is 5.62. The molecular formula is C18H16FN3O3. The normalized spacial score (nSPS) is 14.8. The van der Waals surface area contributed by atoms with Gasteiger partial charge in [-0.15, -0.1) is 0 Å². The van der Waals surface area contributed by atoms with Gasteiger partial charge >= 0.3 is 0 Å². The van der Waals surface area contributed by atoms with Gasteiger partial charge in [-0.1, -0.05) is 18.2 Å². The molecule has 0 radical (unpaired) electrons. The third kappa shape index (κ3) is 3.11. The second-order valence-corrected chi connectivity index (χ2v) is 5.56. The topological polar surface area (TPSA) is 69.3 Å². The largest absolute Gasteiger partial charge is 0.494 e. The van der Waals surface area contributed by atoms with E-state index in [9.17, 15) is 4.39 Å². The molecule has 2 aromatic carbocycles. The van der Waals surface area contributed by atoms with E-state index in [4.69, 9.17) is 14.2 Å². The summed E-state index contributed by atoms with van der Waals surface area (Å²) >= 11 is 0. The van der Waals surface area contributed by atoms with Crippen molar-refractivity contribution in [1.82, 2.24) is 15.2 Å². The predicted molar refractivity (Wildman–Crippen MR) is 88.4 cm³/mol. The average molecular weight is 341 g/mol. The lowest BCUT2D eigenvalue weighted by Gasteiger charge is -2.09. The first-order chi connectivity index (χ1) is 12.2. The number of aromatic amines is 1. The van der Waals surface area contributed by atoms with Crippen LogP contribution in [-0.4, -0.2) is 35.5 Å². The predicted octanol–water partition coefficient (Wildman–Crippen LogP) is 3.33. The molecule has 0 aliphatic carbocycles. The van der Waals surface area contributed by atoms with E-state index in [-0.39, 0.29) is 12.0 Å². The summed E-state index contributed by atoms with van der Waals surface area (Å²) in [4.78, 5) is 4.46. The first kappa shape index (κ1) is 15.7. The van der Waals surface area contributed by atoms with Gasteiger partial charge in [0.05, 0.1) is 20.3 Å². The molecule has 0 unspecified atom stereocenters. The minimum Gasteiger partial charge on any atom is -0.494 e. The number of aromatic nitrogens is 3. The first-order valence-corrected chi connectivity index (χ1v) is 7.84. The third-order valence-corrected chi connectivity index (χ3v) is 3.95. The number of hydrogen-bond acceptors (Lipinski definition) is 5. The van der Waals surface area contributed by atoms with Crippen LogP contribution < -0.4 is 4.74 Å². The summed E-state index contributed by atoms with van der Waals surface area (Å²) in [7, 11) is 1.43. The van der Waals surface area contributed by atoms with Gasteiger partial charge in [-0.25, -0.2) is 9.37 Å². The van der Waals surface area contributed by atoms with Gasteiger partial charge in [0.25, 0.3) is 0 Å². The molecule has 6 nitrogen and oxygen atoms in total. The quantitative estimate of drug-likeness (QED) is 0.788. The number of hydrogen-bond donors (Lipinski definition) is 1. The molecule has 0 amide bonds. The highest BCUT2D eigenvalue weighted by Crippen LogP contribution is 2.28. The number of halogens is 1. The summed E-state index contributed by atoms with van der Waals surface area (Å²) in [6.45, 7) is 1.17. The Morgan fingerprint density at radius 3 is 2.72 bits per heavy atom. The van der Waals surface area contributed by atoms with Crippen molar-refractivity contribution in [3.63, 3.8) is 0 Å². The lowest BCUT2D eigenvalue weighted by atomic mass is 10.1. The fraction of sp³-hybridized carbons (Fsp3) is 0.222. The summed E-state index contributed by atoms with van der Waals surface area (Å²) in [6.07, 6.45) is -0.353. The van der Waals surface area contributed by atoms with Crippen LogP contribution in [0.3, 0.4) is 0 Å². The maximum absolute atomic E-state index is 13.9. The van der Waals surface area contributed by atoms with Crippen LogP contribution in [-0.2, 0) is 9.47 Å². The van der Waals surface area contributed by atoms with Crippen molar-refractivity contribution in [2.75, 3.05) is 20.3 Å². The van der Waals surface area contributed by atoms with Crippen molar-refractivity contribution in [2.45, 2.75) is 6.29 Å². The molecule has 2 heterocycles. The van der Waals surface area contributed by atoms with Crippen molar-refractivity contribution < 1.29 is 18.6 Å². The van der Waals surface area contributed by atoms with Gasteiger partial charge < -0.3 is 14.2 Å². The molecular weight excluding hydrogens is 325 g/mol. The number of methoxy groups -OCH3 is 1. The van der Waals surface area contributed by atoms with Crippen molar-refractivity contribution in [3.8, 4) is 28.5 Å². The van der Waals surface area contributed by atoms with E-state index >= 15 is 0 Å². The van der Waals surface area contributed by atoms with Crippen LogP contribution in [0, 0.1) is 5.82 Å². The smallest absolute Gasteiger partial charge is 0.184 e. The molecule has 7 heteroatoms. The Morgan fingerprint density at radius 1 is 1.12 bits per heavy atom. The van der Waals surface area contributed by atoms with E-state index in [2.05, 4.69) is 15.2 Å². The zero-order valence-corrected chi connectivity index (χ0v) is 13.5. The molecule has 1 aliphatic rings. The lowest BCUT2D eigenvalue weighted by molar-refractivity contribution is -0.0440. The molecule has 0 atom stereocenters. The van der Waals surface area contributed by atoms with E-state index in [0.717, 1.165) is 11.1 Å². The van der Waals surface area contributed by atoms with Crippen LogP contribution in [0.1, 0.15) is 11.9 Å². The Labute approximate surface area is 143 Å². The van der Waals surface area contributed by atoms with Gasteiger partial charge in [-0.3, -0.25) is 5.10 Å². The van der Waals surface area contributed by atoms with Crippen LogP contribution in [0.5, 0.6) is 5.75 Å². The second-order valence-electron chi connectivity index (χ2n) is 5.56. The van der Waals surface area contributed by atoms with Gasteiger partial charge in [0, 0.05) is 16.7 Å². The number of H-pyrrole nitrogens is 1. The van der Waals surface area contributed by atoms with Gasteiger partial charge in [-0.05, 0) is 24.3 Å². The minimum atomic E-state index is -0.449. The molecule has 25 heavy (non-hydrogen) atoms. The maximum atomic E-state index is 13.9. The zero-order chi connectivity index (χ0) is 17.2. The van der Waals surface area contributed by atoms with Crippen LogP contribution in [0.25, 0.3) is 22.8 Å². The molecule has 1 aliphatic heterocycles. The number of benzene rings is 2. The molecule has 128 valence electrons. The SMILES string of the molecule is COc1ccc(-c2nc(-c3cccc(C4OCCO4)c3)n[nH]2)cc1F. The van der Waals surface area contributed by atoms with Gasteiger partial charge in [0.1, 0.15) is 0 Å². The van der Waals surface area contributed by atoms with Crippen molar-refractivity contribution in [1.29, 1.82) is 0 Å². The summed E-state index contributed by atoms with van der Waals surface area (Å²) in [5.41, 5.74) is 2.33. The molecule has 3 aromatic rings. The molecule has 1 N–H and O–H groups in total.